The second-order valence-electron chi connectivity index (χ2n) is 6.25. The van der Waals surface area contributed by atoms with E-state index in [1.165, 1.54) is 55.6 Å². The molecule has 0 nitrogen and oxygen atoms in total. The second kappa shape index (κ2) is 11.3. The third kappa shape index (κ3) is 5.82. The number of halogens is 2. The Balaban J connectivity index is -0.000000308. The predicted molar refractivity (Wildman–Crippen MR) is 91.4 cm³/mol. The molecule has 0 unspecified atom stereocenters. The first kappa shape index (κ1) is 28.4. The van der Waals surface area contributed by atoms with Crippen LogP contribution < -0.4 is 24.8 Å². The van der Waals surface area contributed by atoms with E-state index < -0.39 is 0 Å². The van der Waals surface area contributed by atoms with Crippen molar-refractivity contribution in [3.8, 4) is 0 Å². The summed E-state index contributed by atoms with van der Waals surface area (Å²) in [6, 6.07) is 0. The Bertz CT molecular complexity index is 414. The molecule has 2 rings (SSSR count). The van der Waals surface area contributed by atoms with E-state index in [9.17, 15) is 0 Å². The topological polar surface area (TPSA) is 0 Å². The fraction of sp³-hybridized carbons (Fsp3) is 0.500. The van der Waals surface area contributed by atoms with E-state index in [0.29, 0.717) is 0 Å². The largest absolute Gasteiger partial charge is 4.00 e. The third-order valence-electron chi connectivity index (χ3n) is 5.62. The summed E-state index contributed by atoms with van der Waals surface area (Å²) >= 11 is 0. The van der Waals surface area contributed by atoms with Crippen LogP contribution in [-0.4, -0.2) is 0 Å². The molecule has 0 aliphatic carbocycles. The molecule has 0 aromatic heterocycles. The van der Waals surface area contributed by atoms with Crippen LogP contribution in [0.2, 0.25) is 0 Å². The third-order valence-corrected chi connectivity index (χ3v) is 5.62. The molecule has 0 heterocycles. The Morgan fingerprint density at radius 1 is 0.435 bits per heavy atom. The molecule has 0 N–H and O–H groups in total. The average molecular weight is 573 g/mol. The van der Waals surface area contributed by atoms with Crippen LogP contribution in [0.5, 0.6) is 0 Å². The van der Waals surface area contributed by atoms with E-state index in [0.717, 1.165) is 0 Å². The van der Waals surface area contributed by atoms with Crippen LogP contribution in [0.1, 0.15) is 55.6 Å². The maximum atomic E-state index is 2.20. The van der Waals surface area contributed by atoms with Crippen molar-refractivity contribution < 1.29 is 64.8 Å². The number of hydrogen-bond donors (Lipinski definition) is 0. The smallest absolute Gasteiger partial charge is 1.00 e. The molecule has 0 radical (unpaired) electrons. The van der Waals surface area contributed by atoms with Gasteiger partial charge in [-0.15, -0.1) is 0 Å². The molecule has 128 valence electrons. The van der Waals surface area contributed by atoms with Crippen molar-refractivity contribution in [1.29, 1.82) is 0 Å². The van der Waals surface area contributed by atoms with Crippen LogP contribution in [0.3, 0.4) is 0 Å². The first-order valence-electron chi connectivity index (χ1n) is 7.50. The van der Waals surface area contributed by atoms with E-state index in [-0.39, 0.29) is 64.8 Å². The van der Waals surface area contributed by atoms with Gasteiger partial charge in [-0.1, -0.05) is 69.2 Å². The molecular formula is C20H30Cl2Th. The minimum atomic E-state index is 0. The molecule has 0 amide bonds. The van der Waals surface area contributed by atoms with Gasteiger partial charge in [0, 0.05) is 0 Å². The summed E-state index contributed by atoms with van der Waals surface area (Å²) in [7, 11) is 0. The first-order valence-corrected chi connectivity index (χ1v) is 7.50. The molecule has 0 bridgehead atoms. The maximum Gasteiger partial charge on any atom is 4.00 e. The minimum absolute atomic E-state index is 0. The van der Waals surface area contributed by atoms with Crippen molar-refractivity contribution in [3.63, 3.8) is 0 Å². The van der Waals surface area contributed by atoms with Crippen LogP contribution in [0, 0.1) is 109 Å². The molecule has 2 aromatic rings. The van der Waals surface area contributed by atoms with Crippen molar-refractivity contribution in [2.45, 2.75) is 69.2 Å². The Kier molecular flexibility index (Phi) is 13.9. The normalized spacial score (nSPS) is 9.13. The molecule has 0 saturated carbocycles. The van der Waals surface area contributed by atoms with Gasteiger partial charge in [0.25, 0.3) is 0 Å². The summed E-state index contributed by atoms with van der Waals surface area (Å²) in [6.45, 7) is 22.0. The van der Waals surface area contributed by atoms with Crippen molar-refractivity contribution in [3.05, 3.63) is 55.6 Å². The van der Waals surface area contributed by atoms with Crippen LogP contribution >= 0.6 is 0 Å². The molecule has 0 aliphatic rings. The van der Waals surface area contributed by atoms with Gasteiger partial charge >= 0.3 is 39.9 Å². The van der Waals surface area contributed by atoms with Gasteiger partial charge in [0.2, 0.25) is 0 Å². The number of rotatable bonds is 0. The summed E-state index contributed by atoms with van der Waals surface area (Å²) in [5.41, 5.74) is 14.7. The van der Waals surface area contributed by atoms with Gasteiger partial charge < -0.3 is 24.8 Å². The molecule has 3 heteroatoms. The number of hydrogen-bond acceptors (Lipinski definition) is 0. The molecule has 0 spiro atoms. The molecule has 0 fully saturated rings. The SMILES string of the molecule is Cc1c(C)c(C)[c-](C)c1C.Cc1c(C)c(C)[c-](C)c1C.[Cl-].[Cl-].[Th+4]. The first-order chi connectivity index (χ1) is 9.11. The van der Waals surface area contributed by atoms with E-state index in [2.05, 4.69) is 69.2 Å². The maximum absolute atomic E-state index is 2.20. The second-order valence-corrected chi connectivity index (χ2v) is 6.25. The standard InChI is InChI=1S/2C10H15.2ClH.Th/c2*1-6-7(2)9(4)10(5)8(6)3;;;/h2*1-5H3;2*1H;/q2*-1;;;+4/p-2. The van der Waals surface area contributed by atoms with Crippen molar-refractivity contribution in [2.75, 3.05) is 0 Å². The van der Waals surface area contributed by atoms with Crippen molar-refractivity contribution in [1.82, 2.24) is 0 Å². The van der Waals surface area contributed by atoms with Crippen molar-refractivity contribution >= 4 is 0 Å². The average Bonchev–Trinajstić information content (AvgIpc) is 2.71. The zero-order valence-corrected chi connectivity index (χ0v) is 21.9. The quantitative estimate of drug-likeness (QED) is 0.387. The van der Waals surface area contributed by atoms with Gasteiger partial charge in [-0.05, 0) is 0 Å². The van der Waals surface area contributed by atoms with Gasteiger partial charge in [-0.3, -0.25) is 0 Å². The Morgan fingerprint density at radius 3 is 0.609 bits per heavy atom. The van der Waals surface area contributed by atoms with E-state index in [1.807, 2.05) is 0 Å². The van der Waals surface area contributed by atoms with Gasteiger partial charge in [0.05, 0.1) is 0 Å². The zero-order valence-electron chi connectivity index (χ0n) is 16.3. The molecule has 0 atom stereocenters. The molecular weight excluding hydrogens is 543 g/mol. The van der Waals surface area contributed by atoms with Gasteiger partial charge in [0.15, 0.2) is 0 Å². The van der Waals surface area contributed by atoms with E-state index in [4.69, 9.17) is 0 Å². The molecule has 23 heavy (non-hydrogen) atoms. The van der Waals surface area contributed by atoms with Crippen LogP contribution in [0.4, 0.5) is 0 Å². The Morgan fingerprint density at radius 2 is 0.565 bits per heavy atom. The van der Waals surface area contributed by atoms with Crippen LogP contribution in [0.15, 0.2) is 0 Å². The summed E-state index contributed by atoms with van der Waals surface area (Å²) in [5, 5.41) is 0. The van der Waals surface area contributed by atoms with Gasteiger partial charge in [-0.25, -0.2) is 0 Å². The molecule has 0 aliphatic heterocycles. The monoisotopic (exact) mass is 572 g/mol. The van der Waals surface area contributed by atoms with Crippen LogP contribution in [-0.2, 0) is 0 Å². The van der Waals surface area contributed by atoms with E-state index in [1.54, 1.807) is 0 Å². The van der Waals surface area contributed by atoms with Gasteiger partial charge in [-0.2, -0.15) is 55.6 Å². The fourth-order valence-corrected chi connectivity index (χ4v) is 2.81. The zero-order chi connectivity index (χ0) is 15.8. The fourth-order valence-electron chi connectivity index (χ4n) is 2.81. The summed E-state index contributed by atoms with van der Waals surface area (Å²) in [5.74, 6) is 0. The van der Waals surface area contributed by atoms with Gasteiger partial charge in [0.1, 0.15) is 0 Å². The minimum Gasteiger partial charge on any atom is -1.00 e. The van der Waals surface area contributed by atoms with E-state index >= 15 is 0 Å². The van der Waals surface area contributed by atoms with Crippen LogP contribution in [0.25, 0.3) is 0 Å². The summed E-state index contributed by atoms with van der Waals surface area (Å²) < 4.78 is 0. The van der Waals surface area contributed by atoms with Crippen molar-refractivity contribution in [2.24, 2.45) is 0 Å². The Labute approximate surface area is 188 Å². The Hall–Kier alpha value is 0.605. The summed E-state index contributed by atoms with van der Waals surface area (Å²) in [4.78, 5) is 0. The molecule has 2 aromatic carbocycles. The molecule has 0 saturated heterocycles. The summed E-state index contributed by atoms with van der Waals surface area (Å²) in [6.07, 6.45) is 0. The predicted octanol–water partition coefficient (Wildman–Crippen LogP) is -0.0968.